The van der Waals surface area contributed by atoms with Crippen molar-refractivity contribution >= 4 is 0 Å². The maximum absolute atomic E-state index is 5.58. The molecule has 1 rings (SSSR count). The highest BCUT2D eigenvalue weighted by molar-refractivity contribution is 5.44. The SMILES string of the molecule is C=CCOc1c(C)ccc(C)c1C. The lowest BCUT2D eigenvalue weighted by atomic mass is 10.1. The van der Waals surface area contributed by atoms with E-state index in [1.54, 1.807) is 6.08 Å². The minimum Gasteiger partial charge on any atom is -0.489 e. The molecule has 0 aromatic heterocycles. The zero-order chi connectivity index (χ0) is 9.84. The topological polar surface area (TPSA) is 9.23 Å². The Morgan fingerprint density at radius 1 is 1.23 bits per heavy atom. The smallest absolute Gasteiger partial charge is 0.125 e. The van der Waals surface area contributed by atoms with Crippen LogP contribution in [0.5, 0.6) is 5.75 Å². The van der Waals surface area contributed by atoms with Crippen molar-refractivity contribution in [3.63, 3.8) is 0 Å². The predicted molar refractivity (Wildman–Crippen MR) is 56.3 cm³/mol. The molecule has 0 N–H and O–H groups in total. The first kappa shape index (κ1) is 9.85. The molecule has 0 bridgehead atoms. The van der Waals surface area contributed by atoms with Gasteiger partial charge in [0.25, 0.3) is 0 Å². The van der Waals surface area contributed by atoms with E-state index in [1.807, 2.05) is 0 Å². The van der Waals surface area contributed by atoms with Crippen LogP contribution in [0.4, 0.5) is 0 Å². The molecular weight excluding hydrogens is 160 g/mol. The van der Waals surface area contributed by atoms with Gasteiger partial charge in [-0.3, -0.25) is 0 Å². The molecule has 0 saturated carbocycles. The highest BCUT2D eigenvalue weighted by Gasteiger charge is 2.04. The lowest BCUT2D eigenvalue weighted by molar-refractivity contribution is 0.358. The number of ether oxygens (including phenoxy) is 1. The van der Waals surface area contributed by atoms with Crippen molar-refractivity contribution in [2.24, 2.45) is 0 Å². The van der Waals surface area contributed by atoms with Crippen LogP contribution in [0.15, 0.2) is 24.8 Å². The third kappa shape index (κ3) is 2.11. The number of hydrogen-bond donors (Lipinski definition) is 0. The standard InChI is InChI=1S/C12H16O/c1-5-8-13-12-10(3)7-6-9(2)11(12)4/h5-7H,1,8H2,2-4H3. The summed E-state index contributed by atoms with van der Waals surface area (Å²) in [5.41, 5.74) is 3.68. The highest BCUT2D eigenvalue weighted by atomic mass is 16.5. The van der Waals surface area contributed by atoms with Crippen LogP contribution in [0.25, 0.3) is 0 Å². The van der Waals surface area contributed by atoms with E-state index >= 15 is 0 Å². The predicted octanol–water partition coefficient (Wildman–Crippen LogP) is 3.18. The van der Waals surface area contributed by atoms with Gasteiger partial charge in [-0.05, 0) is 37.5 Å². The van der Waals surface area contributed by atoms with Gasteiger partial charge in [-0.25, -0.2) is 0 Å². The zero-order valence-corrected chi connectivity index (χ0v) is 8.55. The van der Waals surface area contributed by atoms with Gasteiger partial charge in [0.05, 0.1) is 0 Å². The third-order valence-electron chi connectivity index (χ3n) is 2.22. The maximum atomic E-state index is 5.58. The fourth-order valence-corrected chi connectivity index (χ4v) is 1.29. The highest BCUT2D eigenvalue weighted by Crippen LogP contribution is 2.25. The molecule has 0 saturated heterocycles. The second-order valence-electron chi connectivity index (χ2n) is 3.25. The summed E-state index contributed by atoms with van der Waals surface area (Å²) >= 11 is 0. The minimum absolute atomic E-state index is 0.575. The summed E-state index contributed by atoms with van der Waals surface area (Å²) in [6, 6.07) is 4.20. The van der Waals surface area contributed by atoms with Gasteiger partial charge in [0, 0.05) is 0 Å². The van der Waals surface area contributed by atoms with E-state index in [0.29, 0.717) is 6.61 Å². The molecule has 0 radical (unpaired) electrons. The Kier molecular flexibility index (Phi) is 3.13. The molecule has 1 aromatic carbocycles. The molecule has 0 aliphatic heterocycles. The van der Waals surface area contributed by atoms with Crippen LogP contribution in [0, 0.1) is 20.8 Å². The molecular formula is C12H16O. The average Bonchev–Trinajstić information content (AvgIpc) is 2.12. The van der Waals surface area contributed by atoms with E-state index in [2.05, 4.69) is 39.5 Å². The minimum atomic E-state index is 0.575. The Bertz CT molecular complexity index is 313. The zero-order valence-electron chi connectivity index (χ0n) is 8.55. The molecule has 1 aromatic rings. The van der Waals surface area contributed by atoms with E-state index < -0.39 is 0 Å². The molecule has 13 heavy (non-hydrogen) atoms. The molecule has 0 aliphatic rings. The van der Waals surface area contributed by atoms with Crippen LogP contribution in [-0.4, -0.2) is 6.61 Å². The summed E-state index contributed by atoms with van der Waals surface area (Å²) in [6.45, 7) is 10.4. The van der Waals surface area contributed by atoms with Crippen molar-refractivity contribution in [3.05, 3.63) is 41.5 Å². The number of benzene rings is 1. The summed E-state index contributed by atoms with van der Waals surface area (Å²) in [6.07, 6.45) is 1.77. The van der Waals surface area contributed by atoms with Crippen LogP contribution in [0.1, 0.15) is 16.7 Å². The van der Waals surface area contributed by atoms with Crippen LogP contribution >= 0.6 is 0 Å². The van der Waals surface area contributed by atoms with Crippen molar-refractivity contribution < 1.29 is 4.74 Å². The van der Waals surface area contributed by atoms with Gasteiger partial charge >= 0.3 is 0 Å². The molecule has 70 valence electrons. The first-order valence-corrected chi connectivity index (χ1v) is 4.47. The van der Waals surface area contributed by atoms with Gasteiger partial charge < -0.3 is 4.74 Å². The van der Waals surface area contributed by atoms with Crippen molar-refractivity contribution in [1.29, 1.82) is 0 Å². The summed E-state index contributed by atoms with van der Waals surface area (Å²) in [7, 11) is 0. The van der Waals surface area contributed by atoms with E-state index in [4.69, 9.17) is 4.74 Å². The normalized spacial score (nSPS) is 9.77. The molecule has 0 heterocycles. The van der Waals surface area contributed by atoms with Gasteiger partial charge in [0.1, 0.15) is 12.4 Å². The van der Waals surface area contributed by atoms with E-state index in [1.165, 1.54) is 16.7 Å². The number of aryl methyl sites for hydroxylation is 2. The number of hydrogen-bond acceptors (Lipinski definition) is 1. The number of rotatable bonds is 3. The third-order valence-corrected chi connectivity index (χ3v) is 2.22. The van der Waals surface area contributed by atoms with E-state index in [9.17, 15) is 0 Å². The Morgan fingerprint density at radius 3 is 2.46 bits per heavy atom. The van der Waals surface area contributed by atoms with E-state index in [-0.39, 0.29) is 0 Å². The maximum Gasteiger partial charge on any atom is 0.125 e. The molecule has 0 fully saturated rings. The van der Waals surface area contributed by atoms with Gasteiger partial charge in [-0.15, -0.1) is 0 Å². The van der Waals surface area contributed by atoms with Crippen molar-refractivity contribution in [1.82, 2.24) is 0 Å². The average molecular weight is 176 g/mol. The largest absolute Gasteiger partial charge is 0.489 e. The molecule has 0 unspecified atom stereocenters. The quantitative estimate of drug-likeness (QED) is 0.643. The summed E-state index contributed by atoms with van der Waals surface area (Å²) < 4.78 is 5.58. The second kappa shape index (κ2) is 4.13. The monoisotopic (exact) mass is 176 g/mol. The second-order valence-corrected chi connectivity index (χ2v) is 3.25. The van der Waals surface area contributed by atoms with E-state index in [0.717, 1.165) is 5.75 Å². The summed E-state index contributed by atoms with van der Waals surface area (Å²) in [5, 5.41) is 0. The molecule has 1 heteroatoms. The van der Waals surface area contributed by atoms with Crippen molar-refractivity contribution in [2.45, 2.75) is 20.8 Å². The summed E-state index contributed by atoms with van der Waals surface area (Å²) in [5.74, 6) is 1.000. The van der Waals surface area contributed by atoms with Crippen LogP contribution < -0.4 is 4.74 Å². The van der Waals surface area contributed by atoms with Crippen LogP contribution in [-0.2, 0) is 0 Å². The lowest BCUT2D eigenvalue weighted by Crippen LogP contribution is -1.98. The lowest BCUT2D eigenvalue weighted by Gasteiger charge is -2.12. The fourth-order valence-electron chi connectivity index (χ4n) is 1.29. The molecule has 1 nitrogen and oxygen atoms in total. The van der Waals surface area contributed by atoms with Crippen LogP contribution in [0.3, 0.4) is 0 Å². The first-order chi connectivity index (χ1) is 6.16. The Labute approximate surface area is 80.0 Å². The van der Waals surface area contributed by atoms with Gasteiger partial charge in [0.2, 0.25) is 0 Å². The van der Waals surface area contributed by atoms with Gasteiger partial charge in [-0.2, -0.15) is 0 Å². The first-order valence-electron chi connectivity index (χ1n) is 4.47. The Morgan fingerprint density at radius 2 is 1.85 bits per heavy atom. The van der Waals surface area contributed by atoms with Crippen molar-refractivity contribution in [3.8, 4) is 5.75 Å². The molecule has 0 amide bonds. The summed E-state index contributed by atoms with van der Waals surface area (Å²) in [4.78, 5) is 0. The molecule has 0 atom stereocenters. The van der Waals surface area contributed by atoms with Crippen LogP contribution in [0.2, 0.25) is 0 Å². The van der Waals surface area contributed by atoms with Gasteiger partial charge in [0.15, 0.2) is 0 Å². The van der Waals surface area contributed by atoms with Gasteiger partial charge in [-0.1, -0.05) is 24.8 Å². The van der Waals surface area contributed by atoms with Crippen molar-refractivity contribution in [2.75, 3.05) is 6.61 Å². The Hall–Kier alpha value is -1.24. The molecule has 0 spiro atoms. The Balaban J connectivity index is 3.02. The fraction of sp³-hybridized carbons (Fsp3) is 0.333. The molecule has 0 aliphatic carbocycles.